The normalized spacial score (nSPS) is 20.9. The van der Waals surface area contributed by atoms with Crippen molar-refractivity contribution in [2.24, 2.45) is 11.1 Å². The number of nitrogens with zero attached hydrogens (tertiary/aromatic N) is 2. The van der Waals surface area contributed by atoms with Crippen LogP contribution in [0, 0.1) is 5.92 Å². The van der Waals surface area contributed by atoms with E-state index < -0.39 is 29.8 Å². The van der Waals surface area contributed by atoms with Crippen molar-refractivity contribution in [1.29, 1.82) is 0 Å². The summed E-state index contributed by atoms with van der Waals surface area (Å²) in [7, 11) is 1.24. The van der Waals surface area contributed by atoms with Crippen molar-refractivity contribution in [1.82, 2.24) is 0 Å². The van der Waals surface area contributed by atoms with E-state index in [1.165, 1.54) is 19.2 Å². The highest BCUT2D eigenvalue weighted by Crippen LogP contribution is 2.35. The summed E-state index contributed by atoms with van der Waals surface area (Å²) in [6, 6.07) is 15.8. The summed E-state index contributed by atoms with van der Waals surface area (Å²) in [5.41, 5.74) is 1.60. The molecule has 0 radical (unpaired) electrons. The van der Waals surface area contributed by atoms with Gasteiger partial charge in [-0.05, 0) is 23.8 Å². The van der Waals surface area contributed by atoms with E-state index in [9.17, 15) is 14.4 Å². The van der Waals surface area contributed by atoms with Gasteiger partial charge in [0.1, 0.15) is 5.92 Å². The van der Waals surface area contributed by atoms with Crippen LogP contribution in [0.25, 0.3) is 6.08 Å². The minimum absolute atomic E-state index is 0.130. The molecule has 4 rings (SSSR count). The predicted molar refractivity (Wildman–Crippen MR) is 102 cm³/mol. The van der Waals surface area contributed by atoms with Crippen molar-refractivity contribution in [2.75, 3.05) is 12.0 Å². The van der Waals surface area contributed by atoms with Crippen molar-refractivity contribution < 1.29 is 24.0 Å². The number of carbonyl (C=O) groups excluding carboxylic acids is 3. The second-order valence-corrected chi connectivity index (χ2v) is 6.28. The van der Waals surface area contributed by atoms with Crippen LogP contribution in [-0.2, 0) is 19.2 Å². The number of allylic oxidation sites excluding steroid dienone is 1. The van der Waals surface area contributed by atoms with Crippen LogP contribution >= 0.6 is 0 Å². The number of hydrogen-bond donors (Lipinski definition) is 0. The topological polar surface area (TPSA) is 85.3 Å². The molecule has 2 atom stereocenters. The Balaban J connectivity index is 1.65. The Hall–Kier alpha value is -3.74. The monoisotopic (exact) mass is 376 g/mol. The van der Waals surface area contributed by atoms with Crippen LogP contribution in [0.1, 0.15) is 15.9 Å². The number of rotatable bonds is 4. The molecule has 0 N–H and O–H groups in total. The Labute approximate surface area is 160 Å². The van der Waals surface area contributed by atoms with Crippen LogP contribution in [-0.4, -0.2) is 36.7 Å². The molecule has 0 saturated carbocycles. The number of methoxy groups -OCH3 is 1. The fourth-order valence-electron chi connectivity index (χ4n) is 3.28. The molecule has 0 spiro atoms. The third kappa shape index (κ3) is 2.87. The number of fused-ring (bicyclic) bond motifs is 1. The fourth-order valence-corrected chi connectivity index (χ4v) is 3.28. The molecule has 2 aliphatic heterocycles. The van der Waals surface area contributed by atoms with E-state index in [4.69, 9.17) is 9.57 Å². The third-order valence-corrected chi connectivity index (χ3v) is 4.64. The molecule has 2 heterocycles. The molecule has 140 valence electrons. The minimum atomic E-state index is -1.03. The molecule has 2 aromatic carbocycles. The van der Waals surface area contributed by atoms with Gasteiger partial charge in [0.15, 0.2) is 0 Å². The maximum absolute atomic E-state index is 13.0. The van der Waals surface area contributed by atoms with Crippen LogP contribution < -0.4 is 4.90 Å². The van der Waals surface area contributed by atoms with Crippen LogP contribution in [0.3, 0.4) is 0 Å². The zero-order valence-corrected chi connectivity index (χ0v) is 14.9. The van der Waals surface area contributed by atoms with Gasteiger partial charge in [-0.3, -0.25) is 9.59 Å². The molecule has 28 heavy (non-hydrogen) atoms. The van der Waals surface area contributed by atoms with E-state index in [-0.39, 0.29) is 11.3 Å². The zero-order valence-electron chi connectivity index (χ0n) is 14.9. The third-order valence-electron chi connectivity index (χ3n) is 4.64. The van der Waals surface area contributed by atoms with Gasteiger partial charge in [0.2, 0.25) is 12.0 Å². The van der Waals surface area contributed by atoms with Crippen molar-refractivity contribution in [2.45, 2.75) is 6.10 Å². The van der Waals surface area contributed by atoms with E-state index in [2.05, 4.69) is 5.16 Å². The van der Waals surface area contributed by atoms with Gasteiger partial charge in [-0.25, -0.2) is 9.69 Å². The van der Waals surface area contributed by atoms with Gasteiger partial charge in [-0.2, -0.15) is 0 Å². The lowest BCUT2D eigenvalue weighted by atomic mass is 9.99. The van der Waals surface area contributed by atoms with Gasteiger partial charge in [-0.1, -0.05) is 53.7 Å². The maximum Gasteiger partial charge on any atom is 0.339 e. The first-order chi connectivity index (χ1) is 13.6. The van der Waals surface area contributed by atoms with E-state index >= 15 is 0 Å². The molecule has 0 unspecified atom stereocenters. The lowest BCUT2D eigenvalue weighted by Crippen LogP contribution is -2.34. The maximum atomic E-state index is 13.0. The fraction of sp³-hybridized carbons (Fsp3) is 0.143. The van der Waals surface area contributed by atoms with Crippen LogP contribution in [0.5, 0.6) is 0 Å². The Kier molecular flexibility index (Phi) is 4.49. The standard InChI is InChI=1S/C21H16N2O5/c1-27-21(26)14-9-5-6-10-16(14)23-19(24)17-15(22-28-18(17)20(23)25)12-11-13-7-3-2-4-8-13/h2-12,17-18H,1H3/b12-11+/t17-,18-/m1/s1. The summed E-state index contributed by atoms with van der Waals surface area (Å²) in [4.78, 5) is 44.1. The first-order valence-electron chi connectivity index (χ1n) is 8.64. The molecule has 2 amide bonds. The highest BCUT2D eigenvalue weighted by Gasteiger charge is 2.55. The lowest BCUT2D eigenvalue weighted by molar-refractivity contribution is -0.126. The molecule has 0 aliphatic carbocycles. The Morgan fingerprint density at radius 2 is 1.75 bits per heavy atom. The lowest BCUT2D eigenvalue weighted by Gasteiger charge is -2.17. The average molecular weight is 376 g/mol. The van der Waals surface area contributed by atoms with Gasteiger partial charge >= 0.3 is 5.97 Å². The van der Waals surface area contributed by atoms with E-state index in [1.54, 1.807) is 24.3 Å². The molecule has 0 aromatic heterocycles. The highest BCUT2D eigenvalue weighted by molar-refractivity contribution is 6.32. The molecular formula is C21H16N2O5. The first kappa shape index (κ1) is 17.7. The van der Waals surface area contributed by atoms with Gasteiger partial charge in [0, 0.05) is 0 Å². The summed E-state index contributed by atoms with van der Waals surface area (Å²) in [6.45, 7) is 0. The number of carbonyl (C=O) groups is 3. The van der Waals surface area contributed by atoms with Gasteiger partial charge in [0.25, 0.3) is 5.91 Å². The Morgan fingerprint density at radius 1 is 1.04 bits per heavy atom. The zero-order chi connectivity index (χ0) is 19.7. The Bertz CT molecular complexity index is 1010. The number of imide groups is 1. The number of anilines is 1. The average Bonchev–Trinajstić information content (AvgIpc) is 3.26. The summed E-state index contributed by atoms with van der Waals surface area (Å²) < 4.78 is 4.76. The molecule has 1 saturated heterocycles. The predicted octanol–water partition coefficient (Wildman–Crippen LogP) is 2.43. The number of benzene rings is 2. The molecule has 7 nitrogen and oxygen atoms in total. The first-order valence-corrected chi connectivity index (χ1v) is 8.64. The van der Waals surface area contributed by atoms with Gasteiger partial charge < -0.3 is 9.57 Å². The number of ether oxygens (including phenoxy) is 1. The van der Waals surface area contributed by atoms with Gasteiger partial charge in [0.05, 0.1) is 24.1 Å². The van der Waals surface area contributed by atoms with E-state index in [1.807, 2.05) is 30.3 Å². The minimum Gasteiger partial charge on any atom is -0.465 e. The second kappa shape index (κ2) is 7.11. The van der Waals surface area contributed by atoms with E-state index in [0.717, 1.165) is 10.5 Å². The Morgan fingerprint density at radius 3 is 2.50 bits per heavy atom. The largest absolute Gasteiger partial charge is 0.465 e. The smallest absolute Gasteiger partial charge is 0.339 e. The van der Waals surface area contributed by atoms with Crippen LogP contribution in [0.15, 0.2) is 65.8 Å². The number of hydrogen-bond acceptors (Lipinski definition) is 6. The van der Waals surface area contributed by atoms with Crippen LogP contribution in [0.4, 0.5) is 5.69 Å². The summed E-state index contributed by atoms with van der Waals surface area (Å²) in [5, 5.41) is 3.91. The summed E-state index contributed by atoms with van der Waals surface area (Å²) in [5.74, 6) is -2.52. The quantitative estimate of drug-likeness (QED) is 0.604. The SMILES string of the molecule is COC(=O)c1ccccc1N1C(=O)[C@@H]2C(/C=C/c3ccccc3)=NO[C@H]2C1=O. The number of amides is 2. The summed E-state index contributed by atoms with van der Waals surface area (Å²) >= 11 is 0. The second-order valence-electron chi connectivity index (χ2n) is 6.28. The highest BCUT2D eigenvalue weighted by atomic mass is 16.6. The molecule has 7 heteroatoms. The van der Waals surface area contributed by atoms with Crippen molar-refractivity contribution >= 4 is 35.3 Å². The van der Waals surface area contributed by atoms with Crippen molar-refractivity contribution in [3.8, 4) is 0 Å². The van der Waals surface area contributed by atoms with Crippen molar-refractivity contribution in [3.05, 3.63) is 71.8 Å². The molecule has 2 aromatic rings. The van der Waals surface area contributed by atoms with Crippen LogP contribution in [0.2, 0.25) is 0 Å². The van der Waals surface area contributed by atoms with Crippen molar-refractivity contribution in [3.63, 3.8) is 0 Å². The molecule has 0 bridgehead atoms. The molecule has 2 aliphatic rings. The number of esters is 1. The van der Waals surface area contributed by atoms with E-state index in [0.29, 0.717) is 5.71 Å². The van der Waals surface area contributed by atoms with Gasteiger partial charge in [-0.15, -0.1) is 0 Å². The number of oxime groups is 1. The summed E-state index contributed by atoms with van der Waals surface area (Å²) in [6.07, 6.45) is 2.43. The molecular weight excluding hydrogens is 360 g/mol. The molecule has 1 fully saturated rings. The number of para-hydroxylation sites is 1.